The molecule has 0 aliphatic rings. The number of aryl methyl sites for hydroxylation is 1. The van der Waals surface area contributed by atoms with Crippen molar-refractivity contribution in [3.05, 3.63) is 11.6 Å². The second kappa shape index (κ2) is 6.72. The lowest BCUT2D eigenvalue weighted by Gasteiger charge is -1.99. The van der Waals surface area contributed by atoms with Crippen LogP contribution in [0.15, 0.2) is 4.42 Å². The average molecular weight is 281 g/mol. The maximum absolute atomic E-state index is 5.68. The van der Waals surface area contributed by atoms with Gasteiger partial charge in [0.05, 0.1) is 5.69 Å². The molecule has 0 bridgehead atoms. The van der Waals surface area contributed by atoms with Gasteiger partial charge in [0.25, 0.3) is 5.89 Å². The zero-order chi connectivity index (χ0) is 13.7. The van der Waals surface area contributed by atoms with Crippen molar-refractivity contribution >= 4 is 11.5 Å². The Hall–Kier alpha value is -1.34. The SMILES string of the molecule is CCNCCCc1nnc(-c2snnc2C(C)C)o1. The van der Waals surface area contributed by atoms with Crippen LogP contribution in [0.5, 0.6) is 0 Å². The van der Waals surface area contributed by atoms with E-state index in [0.29, 0.717) is 17.7 Å². The van der Waals surface area contributed by atoms with Gasteiger partial charge in [-0.1, -0.05) is 25.3 Å². The van der Waals surface area contributed by atoms with Gasteiger partial charge in [0.1, 0.15) is 4.88 Å². The lowest BCUT2D eigenvalue weighted by molar-refractivity contribution is 0.492. The Kier molecular flexibility index (Phi) is 4.98. The Labute approximate surface area is 116 Å². The van der Waals surface area contributed by atoms with Crippen LogP contribution in [-0.2, 0) is 6.42 Å². The molecule has 0 fully saturated rings. The van der Waals surface area contributed by atoms with Crippen LogP contribution in [-0.4, -0.2) is 32.9 Å². The largest absolute Gasteiger partial charge is 0.420 e. The van der Waals surface area contributed by atoms with Crippen LogP contribution in [0.4, 0.5) is 0 Å². The molecule has 0 aromatic carbocycles. The summed E-state index contributed by atoms with van der Waals surface area (Å²) in [7, 11) is 0. The molecule has 0 spiro atoms. The molecular weight excluding hydrogens is 262 g/mol. The van der Waals surface area contributed by atoms with Gasteiger partial charge in [-0.15, -0.1) is 15.3 Å². The molecule has 19 heavy (non-hydrogen) atoms. The van der Waals surface area contributed by atoms with Gasteiger partial charge in [0.2, 0.25) is 5.89 Å². The first kappa shape index (κ1) is 14.1. The molecule has 6 nitrogen and oxygen atoms in total. The molecule has 0 amide bonds. The second-order valence-electron chi connectivity index (χ2n) is 4.60. The molecule has 2 aromatic rings. The van der Waals surface area contributed by atoms with Gasteiger partial charge in [-0.3, -0.25) is 0 Å². The minimum absolute atomic E-state index is 0.304. The zero-order valence-electron chi connectivity index (χ0n) is 11.5. The highest BCUT2D eigenvalue weighted by atomic mass is 32.1. The first-order valence-electron chi connectivity index (χ1n) is 6.58. The monoisotopic (exact) mass is 281 g/mol. The van der Waals surface area contributed by atoms with Crippen LogP contribution in [0.3, 0.4) is 0 Å². The van der Waals surface area contributed by atoms with Crippen LogP contribution >= 0.6 is 11.5 Å². The van der Waals surface area contributed by atoms with Gasteiger partial charge in [0, 0.05) is 6.42 Å². The van der Waals surface area contributed by atoms with Crippen molar-refractivity contribution in [3.8, 4) is 10.8 Å². The maximum atomic E-state index is 5.68. The van der Waals surface area contributed by atoms with E-state index in [0.717, 1.165) is 36.5 Å². The Balaban J connectivity index is 2.02. The first-order chi connectivity index (χ1) is 9.22. The van der Waals surface area contributed by atoms with Crippen LogP contribution in [0.1, 0.15) is 44.7 Å². The zero-order valence-corrected chi connectivity index (χ0v) is 12.3. The number of aromatic nitrogens is 4. The van der Waals surface area contributed by atoms with Gasteiger partial charge >= 0.3 is 0 Å². The summed E-state index contributed by atoms with van der Waals surface area (Å²) in [6.45, 7) is 8.20. The fourth-order valence-electron chi connectivity index (χ4n) is 1.71. The Morgan fingerprint density at radius 3 is 2.84 bits per heavy atom. The van der Waals surface area contributed by atoms with E-state index < -0.39 is 0 Å². The fourth-order valence-corrected chi connectivity index (χ4v) is 2.45. The number of hydrogen-bond donors (Lipinski definition) is 1. The quantitative estimate of drug-likeness (QED) is 0.784. The van der Waals surface area contributed by atoms with Crippen molar-refractivity contribution in [2.75, 3.05) is 13.1 Å². The number of nitrogens with one attached hydrogen (secondary N) is 1. The highest BCUT2D eigenvalue weighted by Crippen LogP contribution is 2.29. The van der Waals surface area contributed by atoms with Crippen LogP contribution < -0.4 is 5.32 Å². The third kappa shape index (κ3) is 3.57. The van der Waals surface area contributed by atoms with E-state index in [1.807, 2.05) is 0 Å². The van der Waals surface area contributed by atoms with Crippen LogP contribution in [0.25, 0.3) is 10.8 Å². The van der Waals surface area contributed by atoms with Gasteiger partial charge in [-0.25, -0.2) is 0 Å². The normalized spacial score (nSPS) is 11.4. The second-order valence-corrected chi connectivity index (χ2v) is 5.35. The molecule has 7 heteroatoms. The molecule has 2 aromatic heterocycles. The van der Waals surface area contributed by atoms with E-state index in [4.69, 9.17) is 4.42 Å². The molecule has 0 unspecified atom stereocenters. The summed E-state index contributed by atoms with van der Waals surface area (Å²) < 4.78 is 9.65. The molecular formula is C12H19N5OS. The highest BCUT2D eigenvalue weighted by molar-refractivity contribution is 7.09. The third-order valence-corrected chi connectivity index (χ3v) is 3.45. The molecule has 104 valence electrons. The summed E-state index contributed by atoms with van der Waals surface area (Å²) >= 11 is 1.31. The highest BCUT2D eigenvalue weighted by Gasteiger charge is 2.18. The summed E-state index contributed by atoms with van der Waals surface area (Å²) in [5.74, 6) is 1.52. The van der Waals surface area contributed by atoms with Crippen molar-refractivity contribution in [2.24, 2.45) is 0 Å². The Morgan fingerprint density at radius 2 is 2.11 bits per heavy atom. The molecule has 0 saturated heterocycles. The van der Waals surface area contributed by atoms with Gasteiger partial charge in [-0.05, 0) is 37.0 Å². The lowest BCUT2D eigenvalue weighted by Crippen LogP contribution is -2.14. The topological polar surface area (TPSA) is 76.7 Å². The number of nitrogens with zero attached hydrogens (tertiary/aromatic N) is 4. The first-order valence-corrected chi connectivity index (χ1v) is 7.35. The van der Waals surface area contributed by atoms with Crippen LogP contribution in [0.2, 0.25) is 0 Å². The lowest BCUT2D eigenvalue weighted by atomic mass is 10.1. The molecule has 2 heterocycles. The fraction of sp³-hybridized carbons (Fsp3) is 0.667. The summed E-state index contributed by atoms with van der Waals surface area (Å²) in [5, 5.41) is 15.6. The maximum Gasteiger partial charge on any atom is 0.261 e. The molecule has 0 radical (unpaired) electrons. The Morgan fingerprint density at radius 1 is 1.26 bits per heavy atom. The summed E-state index contributed by atoms with van der Waals surface area (Å²) in [6.07, 6.45) is 1.79. The average Bonchev–Trinajstić information content (AvgIpc) is 3.02. The van der Waals surface area contributed by atoms with Crippen LogP contribution in [0, 0.1) is 0 Å². The van der Waals surface area contributed by atoms with E-state index in [9.17, 15) is 0 Å². The summed E-state index contributed by atoms with van der Waals surface area (Å²) in [6, 6.07) is 0. The summed E-state index contributed by atoms with van der Waals surface area (Å²) in [5.41, 5.74) is 0.924. The van der Waals surface area contributed by atoms with Crippen molar-refractivity contribution in [1.29, 1.82) is 0 Å². The minimum atomic E-state index is 0.304. The van der Waals surface area contributed by atoms with Crippen molar-refractivity contribution in [1.82, 2.24) is 25.1 Å². The van der Waals surface area contributed by atoms with Gasteiger partial charge in [-0.2, -0.15) is 0 Å². The van der Waals surface area contributed by atoms with E-state index in [2.05, 4.69) is 45.9 Å². The predicted molar refractivity (Wildman–Crippen MR) is 74.2 cm³/mol. The van der Waals surface area contributed by atoms with E-state index >= 15 is 0 Å². The molecule has 0 aliphatic carbocycles. The predicted octanol–water partition coefficient (Wildman–Crippen LogP) is 2.25. The standard InChI is InChI=1S/C12H19N5OS/c1-4-13-7-5-6-9-14-16-12(18-9)11-10(8(2)3)15-17-19-11/h8,13H,4-7H2,1-3H3. The van der Waals surface area contributed by atoms with Crippen molar-refractivity contribution in [2.45, 2.75) is 39.5 Å². The smallest absolute Gasteiger partial charge is 0.261 e. The third-order valence-electron chi connectivity index (χ3n) is 2.72. The van der Waals surface area contributed by atoms with E-state index in [1.54, 1.807) is 0 Å². The molecule has 0 atom stereocenters. The van der Waals surface area contributed by atoms with Crippen molar-refractivity contribution < 1.29 is 4.42 Å². The van der Waals surface area contributed by atoms with E-state index in [-0.39, 0.29) is 0 Å². The van der Waals surface area contributed by atoms with Crippen molar-refractivity contribution in [3.63, 3.8) is 0 Å². The van der Waals surface area contributed by atoms with E-state index in [1.165, 1.54) is 11.5 Å². The summed E-state index contributed by atoms with van der Waals surface area (Å²) in [4.78, 5) is 0.889. The number of hydrogen-bond acceptors (Lipinski definition) is 7. The molecule has 0 saturated carbocycles. The minimum Gasteiger partial charge on any atom is -0.420 e. The number of rotatable bonds is 7. The molecule has 2 rings (SSSR count). The van der Waals surface area contributed by atoms with Gasteiger partial charge < -0.3 is 9.73 Å². The van der Waals surface area contributed by atoms with Gasteiger partial charge in [0.15, 0.2) is 0 Å². The Bertz CT molecular complexity index is 508. The molecule has 0 aliphatic heterocycles. The molecule has 1 N–H and O–H groups in total.